The predicted octanol–water partition coefficient (Wildman–Crippen LogP) is 23.2. The molecule has 0 aromatic heterocycles. The van der Waals surface area contributed by atoms with Gasteiger partial charge in [0.15, 0.2) is 6.10 Å². The van der Waals surface area contributed by atoms with Crippen LogP contribution < -0.4 is 0 Å². The van der Waals surface area contributed by atoms with Crippen LogP contribution in [-0.2, 0) is 28.6 Å². The van der Waals surface area contributed by atoms with Crippen LogP contribution in [0.15, 0.2) is 36.5 Å². The van der Waals surface area contributed by atoms with Crippen LogP contribution in [0.2, 0.25) is 0 Å². The maximum atomic E-state index is 12.9. The number of ether oxygens (including phenoxy) is 3. The Morgan fingerprint density at radius 2 is 0.474 bits per heavy atom. The zero-order chi connectivity index (χ0) is 55.0. The van der Waals surface area contributed by atoms with Crippen molar-refractivity contribution in [3.05, 3.63) is 36.5 Å². The van der Waals surface area contributed by atoms with Crippen LogP contribution in [0.4, 0.5) is 0 Å². The van der Waals surface area contributed by atoms with Crippen molar-refractivity contribution in [2.75, 3.05) is 13.2 Å². The standard InChI is InChI=1S/C70H130O6/c1-4-7-10-13-16-19-22-25-28-30-32-34-35-37-38-40-42-45-48-51-54-57-60-63-69(72)75-66-67(65-74-68(71)62-59-56-53-50-47-44-27-24-21-18-15-12-9-6-3)76-70(73)64-61-58-55-52-49-46-43-41-39-36-33-31-29-26-23-20-17-14-11-8-5-2/h23,26,30-33,67H,4-22,24-25,27-29,34-66H2,1-3H3/b26-23-,32-30-,33-31-. The van der Waals surface area contributed by atoms with Crippen molar-refractivity contribution in [2.45, 2.75) is 380 Å². The molecule has 0 heterocycles. The lowest BCUT2D eigenvalue weighted by atomic mass is 10.0. The topological polar surface area (TPSA) is 78.9 Å². The van der Waals surface area contributed by atoms with Gasteiger partial charge in [0.1, 0.15) is 13.2 Å². The Labute approximate surface area is 474 Å². The fourth-order valence-electron chi connectivity index (χ4n) is 10.2. The maximum absolute atomic E-state index is 12.9. The van der Waals surface area contributed by atoms with Gasteiger partial charge in [-0.2, -0.15) is 0 Å². The molecule has 0 saturated heterocycles. The highest BCUT2D eigenvalue weighted by Gasteiger charge is 2.19. The molecule has 0 fully saturated rings. The highest BCUT2D eigenvalue weighted by atomic mass is 16.6. The van der Waals surface area contributed by atoms with Gasteiger partial charge in [0, 0.05) is 19.3 Å². The molecule has 0 aromatic rings. The minimum absolute atomic E-state index is 0.0693. The number of hydrogen-bond acceptors (Lipinski definition) is 6. The minimum Gasteiger partial charge on any atom is -0.462 e. The second-order valence-electron chi connectivity index (χ2n) is 23.1. The molecule has 0 radical (unpaired) electrons. The van der Waals surface area contributed by atoms with Crippen LogP contribution in [0.5, 0.6) is 0 Å². The van der Waals surface area contributed by atoms with Gasteiger partial charge < -0.3 is 14.2 Å². The van der Waals surface area contributed by atoms with E-state index in [9.17, 15) is 14.4 Å². The van der Waals surface area contributed by atoms with E-state index in [2.05, 4.69) is 57.2 Å². The van der Waals surface area contributed by atoms with Crippen molar-refractivity contribution in [3.63, 3.8) is 0 Å². The summed E-state index contributed by atoms with van der Waals surface area (Å²) in [5.41, 5.74) is 0. The first-order valence-electron chi connectivity index (χ1n) is 34.0. The molecule has 1 atom stereocenters. The normalized spacial score (nSPS) is 12.2. The zero-order valence-electron chi connectivity index (χ0n) is 51.3. The lowest BCUT2D eigenvalue weighted by Crippen LogP contribution is -2.30. The zero-order valence-corrected chi connectivity index (χ0v) is 51.3. The summed E-state index contributed by atoms with van der Waals surface area (Å²) in [5, 5.41) is 0. The number of rotatable bonds is 63. The van der Waals surface area contributed by atoms with E-state index in [1.54, 1.807) is 0 Å². The molecular weight excluding hydrogens is 937 g/mol. The Morgan fingerprint density at radius 1 is 0.263 bits per heavy atom. The molecule has 76 heavy (non-hydrogen) atoms. The van der Waals surface area contributed by atoms with E-state index in [0.29, 0.717) is 19.3 Å². The number of unbranched alkanes of at least 4 members (excludes halogenated alkanes) is 46. The Bertz CT molecular complexity index is 1270. The molecular formula is C70H130O6. The maximum Gasteiger partial charge on any atom is 0.306 e. The molecule has 0 spiro atoms. The van der Waals surface area contributed by atoms with Crippen molar-refractivity contribution in [1.29, 1.82) is 0 Å². The van der Waals surface area contributed by atoms with E-state index in [-0.39, 0.29) is 31.1 Å². The van der Waals surface area contributed by atoms with Gasteiger partial charge in [0.2, 0.25) is 0 Å². The minimum atomic E-state index is -0.773. The van der Waals surface area contributed by atoms with Crippen LogP contribution in [0, 0.1) is 0 Å². The van der Waals surface area contributed by atoms with E-state index in [4.69, 9.17) is 14.2 Å². The number of carbonyl (C=O) groups excluding carboxylic acids is 3. The third-order valence-electron chi connectivity index (χ3n) is 15.4. The van der Waals surface area contributed by atoms with Crippen LogP contribution in [0.25, 0.3) is 0 Å². The van der Waals surface area contributed by atoms with Gasteiger partial charge in [-0.3, -0.25) is 14.4 Å². The highest BCUT2D eigenvalue weighted by molar-refractivity contribution is 5.71. The molecule has 0 bridgehead atoms. The number of allylic oxidation sites excluding steroid dienone is 6. The fourth-order valence-corrected chi connectivity index (χ4v) is 10.2. The Morgan fingerprint density at radius 3 is 0.737 bits per heavy atom. The molecule has 0 aliphatic rings. The molecule has 446 valence electrons. The Hall–Kier alpha value is -2.37. The lowest BCUT2D eigenvalue weighted by molar-refractivity contribution is -0.167. The molecule has 0 N–H and O–H groups in total. The first kappa shape index (κ1) is 73.6. The van der Waals surface area contributed by atoms with Gasteiger partial charge in [-0.05, 0) is 77.0 Å². The van der Waals surface area contributed by atoms with Crippen molar-refractivity contribution in [1.82, 2.24) is 0 Å². The molecule has 6 heteroatoms. The molecule has 6 nitrogen and oxygen atoms in total. The Balaban J connectivity index is 4.29. The highest BCUT2D eigenvalue weighted by Crippen LogP contribution is 2.18. The summed E-state index contributed by atoms with van der Waals surface area (Å²) in [4.78, 5) is 38.4. The smallest absolute Gasteiger partial charge is 0.306 e. The number of hydrogen-bond donors (Lipinski definition) is 0. The van der Waals surface area contributed by atoms with Crippen molar-refractivity contribution in [3.8, 4) is 0 Å². The van der Waals surface area contributed by atoms with E-state index in [1.165, 1.54) is 270 Å². The first-order valence-corrected chi connectivity index (χ1v) is 34.0. The first-order chi connectivity index (χ1) is 37.5. The van der Waals surface area contributed by atoms with Gasteiger partial charge in [-0.1, -0.05) is 314 Å². The average molecular weight is 1070 g/mol. The van der Waals surface area contributed by atoms with Crippen molar-refractivity contribution < 1.29 is 28.6 Å². The van der Waals surface area contributed by atoms with Crippen molar-refractivity contribution >= 4 is 17.9 Å². The SMILES string of the molecule is CCCCCCC/C=C\C/C=C\CCCCCCCCCCCC(=O)OC(COC(=O)CCCCCCCCCCCCC/C=C\CCCCCCCCCC)COC(=O)CCCCCCCCCCCCCCCC. The Kier molecular flexibility index (Phi) is 63.1. The van der Waals surface area contributed by atoms with Crippen molar-refractivity contribution in [2.24, 2.45) is 0 Å². The third kappa shape index (κ3) is 62.5. The predicted molar refractivity (Wildman–Crippen MR) is 330 cm³/mol. The van der Waals surface area contributed by atoms with E-state index in [0.717, 1.165) is 64.2 Å². The van der Waals surface area contributed by atoms with Gasteiger partial charge in [-0.15, -0.1) is 0 Å². The number of carbonyl (C=O) groups is 3. The van der Waals surface area contributed by atoms with E-state index in [1.807, 2.05) is 0 Å². The van der Waals surface area contributed by atoms with Crippen LogP contribution in [0.1, 0.15) is 374 Å². The molecule has 0 saturated carbocycles. The summed E-state index contributed by atoms with van der Waals surface area (Å²) in [7, 11) is 0. The average Bonchev–Trinajstić information content (AvgIpc) is 3.42. The quantitative estimate of drug-likeness (QED) is 0.0261. The van der Waals surface area contributed by atoms with Crippen LogP contribution in [0.3, 0.4) is 0 Å². The summed E-state index contributed by atoms with van der Waals surface area (Å²) in [6, 6.07) is 0. The molecule has 0 aliphatic carbocycles. The van der Waals surface area contributed by atoms with E-state index >= 15 is 0 Å². The second-order valence-corrected chi connectivity index (χ2v) is 23.1. The van der Waals surface area contributed by atoms with Crippen LogP contribution >= 0.6 is 0 Å². The molecule has 0 rings (SSSR count). The van der Waals surface area contributed by atoms with Crippen LogP contribution in [-0.4, -0.2) is 37.2 Å². The molecule has 1 unspecified atom stereocenters. The van der Waals surface area contributed by atoms with E-state index < -0.39 is 6.10 Å². The van der Waals surface area contributed by atoms with Gasteiger partial charge in [0.25, 0.3) is 0 Å². The third-order valence-corrected chi connectivity index (χ3v) is 15.4. The lowest BCUT2D eigenvalue weighted by Gasteiger charge is -2.18. The molecule has 0 aliphatic heterocycles. The van der Waals surface area contributed by atoms with Gasteiger partial charge >= 0.3 is 17.9 Å². The van der Waals surface area contributed by atoms with Gasteiger partial charge in [-0.25, -0.2) is 0 Å². The summed E-state index contributed by atoms with van der Waals surface area (Å²) >= 11 is 0. The monoisotopic (exact) mass is 1070 g/mol. The fraction of sp³-hybridized carbons (Fsp3) is 0.871. The largest absolute Gasteiger partial charge is 0.462 e. The molecule has 0 aromatic carbocycles. The second kappa shape index (κ2) is 65.2. The number of esters is 3. The summed E-state index contributed by atoms with van der Waals surface area (Å²) in [6.07, 6.45) is 80.1. The molecule has 0 amide bonds. The summed E-state index contributed by atoms with van der Waals surface area (Å²) < 4.78 is 17.0. The summed E-state index contributed by atoms with van der Waals surface area (Å²) in [6.45, 7) is 6.69. The van der Waals surface area contributed by atoms with Gasteiger partial charge in [0.05, 0.1) is 0 Å². The summed E-state index contributed by atoms with van der Waals surface area (Å²) in [5.74, 6) is -0.848.